The molecule has 94 valence electrons. The summed E-state index contributed by atoms with van der Waals surface area (Å²) in [6, 6.07) is -0.441. The summed E-state index contributed by atoms with van der Waals surface area (Å²) < 4.78 is 5.28. The van der Waals surface area contributed by atoms with Gasteiger partial charge < -0.3 is 10.5 Å². The van der Waals surface area contributed by atoms with Gasteiger partial charge in [-0.05, 0) is 31.1 Å². The van der Waals surface area contributed by atoms with Crippen molar-refractivity contribution in [2.75, 3.05) is 6.61 Å². The maximum absolute atomic E-state index is 11.6. The topological polar surface area (TPSA) is 52.3 Å². The molecule has 0 aromatic rings. The van der Waals surface area contributed by atoms with Gasteiger partial charge in [-0.25, -0.2) is 0 Å². The highest BCUT2D eigenvalue weighted by atomic mass is 16.5. The summed E-state index contributed by atoms with van der Waals surface area (Å²) in [5.74, 6) is 0.792. The summed E-state index contributed by atoms with van der Waals surface area (Å²) >= 11 is 0. The Hall–Kier alpha value is -0.570. The Kier molecular flexibility index (Phi) is 5.81. The first-order valence-corrected chi connectivity index (χ1v) is 6.51. The Morgan fingerprint density at radius 2 is 1.94 bits per heavy atom. The molecule has 2 N–H and O–H groups in total. The molecule has 0 spiro atoms. The molecule has 0 radical (unpaired) electrons. The van der Waals surface area contributed by atoms with E-state index >= 15 is 0 Å². The lowest BCUT2D eigenvalue weighted by atomic mass is 9.90. The van der Waals surface area contributed by atoms with Crippen LogP contribution in [-0.4, -0.2) is 18.6 Å². The van der Waals surface area contributed by atoms with Gasteiger partial charge in [-0.3, -0.25) is 4.79 Å². The molecule has 3 nitrogen and oxygen atoms in total. The van der Waals surface area contributed by atoms with Crippen LogP contribution in [0.2, 0.25) is 0 Å². The Morgan fingerprint density at radius 3 is 2.50 bits per heavy atom. The zero-order valence-electron chi connectivity index (χ0n) is 10.6. The Balaban J connectivity index is 2.17. The van der Waals surface area contributed by atoms with Crippen LogP contribution in [0.3, 0.4) is 0 Å². The molecule has 0 unspecified atom stereocenters. The van der Waals surface area contributed by atoms with E-state index in [0.717, 1.165) is 0 Å². The van der Waals surface area contributed by atoms with Crippen LogP contribution in [0.15, 0.2) is 0 Å². The lowest BCUT2D eigenvalue weighted by Crippen LogP contribution is -2.34. The molecule has 3 heteroatoms. The monoisotopic (exact) mass is 227 g/mol. The van der Waals surface area contributed by atoms with Gasteiger partial charge >= 0.3 is 5.97 Å². The van der Waals surface area contributed by atoms with Gasteiger partial charge in [0.15, 0.2) is 0 Å². The van der Waals surface area contributed by atoms with Crippen molar-refractivity contribution < 1.29 is 9.53 Å². The first-order valence-electron chi connectivity index (χ1n) is 6.51. The molecular formula is C13H25NO2. The molecule has 1 aliphatic carbocycles. The first-order chi connectivity index (χ1) is 7.59. The molecular weight excluding hydrogens is 202 g/mol. The van der Waals surface area contributed by atoms with Gasteiger partial charge in [0.1, 0.15) is 6.04 Å². The van der Waals surface area contributed by atoms with E-state index in [0.29, 0.717) is 24.9 Å². The molecule has 1 fully saturated rings. The average molecular weight is 227 g/mol. The molecule has 1 saturated carbocycles. The molecule has 1 aliphatic rings. The summed E-state index contributed by atoms with van der Waals surface area (Å²) in [7, 11) is 0. The van der Waals surface area contributed by atoms with E-state index in [1.807, 2.05) is 0 Å². The largest absolute Gasteiger partial charge is 0.464 e. The van der Waals surface area contributed by atoms with E-state index in [1.54, 1.807) is 0 Å². The molecule has 0 amide bonds. The lowest BCUT2D eigenvalue weighted by molar-refractivity contribution is -0.147. The van der Waals surface area contributed by atoms with E-state index in [9.17, 15) is 4.79 Å². The van der Waals surface area contributed by atoms with Crippen LogP contribution >= 0.6 is 0 Å². The molecule has 0 bridgehead atoms. The Labute approximate surface area is 98.7 Å². The van der Waals surface area contributed by atoms with Gasteiger partial charge in [-0.2, -0.15) is 0 Å². The summed E-state index contributed by atoms with van der Waals surface area (Å²) in [6.07, 6.45) is 7.00. The minimum atomic E-state index is -0.441. The van der Waals surface area contributed by atoms with Crippen LogP contribution in [0, 0.1) is 11.8 Å². The third-order valence-electron chi connectivity index (χ3n) is 3.21. The van der Waals surface area contributed by atoms with Gasteiger partial charge in [0.05, 0.1) is 6.61 Å². The number of carbonyl (C=O) groups is 1. The molecule has 0 aromatic heterocycles. The van der Waals surface area contributed by atoms with E-state index in [-0.39, 0.29) is 5.97 Å². The number of ether oxygens (including phenoxy) is 1. The van der Waals surface area contributed by atoms with Gasteiger partial charge in [0.25, 0.3) is 0 Å². The van der Waals surface area contributed by atoms with Crippen molar-refractivity contribution in [1.29, 1.82) is 0 Å². The van der Waals surface area contributed by atoms with E-state index in [1.165, 1.54) is 32.1 Å². The third kappa shape index (κ3) is 4.97. The maximum atomic E-state index is 11.6. The van der Waals surface area contributed by atoms with Crippen molar-refractivity contribution in [2.45, 2.75) is 58.4 Å². The molecule has 0 saturated heterocycles. The number of hydrogen-bond acceptors (Lipinski definition) is 3. The fourth-order valence-electron chi connectivity index (χ4n) is 2.26. The zero-order chi connectivity index (χ0) is 12.0. The average Bonchev–Trinajstić information content (AvgIpc) is 2.26. The molecule has 16 heavy (non-hydrogen) atoms. The van der Waals surface area contributed by atoms with Crippen LogP contribution < -0.4 is 5.73 Å². The first kappa shape index (κ1) is 13.5. The second kappa shape index (κ2) is 6.89. The number of esters is 1. The SMILES string of the molecule is CC(C)C[C@H](N)C(=O)OCC1CCCCC1. The van der Waals surface area contributed by atoms with Gasteiger partial charge in [-0.15, -0.1) is 0 Å². The van der Waals surface area contributed by atoms with E-state index < -0.39 is 6.04 Å². The third-order valence-corrected chi connectivity index (χ3v) is 3.21. The number of rotatable bonds is 5. The van der Waals surface area contributed by atoms with E-state index in [2.05, 4.69) is 13.8 Å². The summed E-state index contributed by atoms with van der Waals surface area (Å²) in [5.41, 5.74) is 5.76. The highest BCUT2D eigenvalue weighted by Crippen LogP contribution is 2.23. The van der Waals surface area contributed by atoms with Crippen LogP contribution in [-0.2, 0) is 9.53 Å². The summed E-state index contributed by atoms with van der Waals surface area (Å²) in [6.45, 7) is 4.70. The molecule has 1 rings (SSSR count). The molecule has 0 aliphatic heterocycles. The van der Waals surface area contributed by atoms with Crippen molar-refractivity contribution in [3.63, 3.8) is 0 Å². The maximum Gasteiger partial charge on any atom is 0.322 e. The van der Waals surface area contributed by atoms with Crippen molar-refractivity contribution in [1.82, 2.24) is 0 Å². The van der Waals surface area contributed by atoms with Crippen LogP contribution in [0.4, 0.5) is 0 Å². The number of hydrogen-bond donors (Lipinski definition) is 1. The summed E-state index contributed by atoms with van der Waals surface area (Å²) in [4.78, 5) is 11.6. The van der Waals surface area contributed by atoms with Crippen molar-refractivity contribution in [3.8, 4) is 0 Å². The second-order valence-corrected chi connectivity index (χ2v) is 5.37. The predicted molar refractivity (Wildman–Crippen MR) is 65.0 cm³/mol. The van der Waals surface area contributed by atoms with Gasteiger partial charge in [0.2, 0.25) is 0 Å². The minimum Gasteiger partial charge on any atom is -0.464 e. The number of carbonyl (C=O) groups excluding carboxylic acids is 1. The van der Waals surface area contributed by atoms with Crippen molar-refractivity contribution in [3.05, 3.63) is 0 Å². The minimum absolute atomic E-state index is 0.223. The lowest BCUT2D eigenvalue weighted by Gasteiger charge is -2.22. The molecule has 0 aromatic carbocycles. The fraction of sp³-hybridized carbons (Fsp3) is 0.923. The van der Waals surface area contributed by atoms with Crippen LogP contribution in [0.25, 0.3) is 0 Å². The quantitative estimate of drug-likeness (QED) is 0.734. The van der Waals surface area contributed by atoms with Gasteiger partial charge in [0, 0.05) is 0 Å². The standard InChI is InChI=1S/C13H25NO2/c1-10(2)8-12(14)13(15)16-9-11-6-4-3-5-7-11/h10-12H,3-9,14H2,1-2H3/t12-/m0/s1. The fourth-order valence-corrected chi connectivity index (χ4v) is 2.26. The van der Waals surface area contributed by atoms with Crippen LogP contribution in [0.1, 0.15) is 52.4 Å². The highest BCUT2D eigenvalue weighted by molar-refractivity contribution is 5.75. The van der Waals surface area contributed by atoms with Crippen LogP contribution in [0.5, 0.6) is 0 Å². The number of nitrogens with two attached hydrogens (primary N) is 1. The predicted octanol–water partition coefficient (Wildman–Crippen LogP) is 2.48. The second-order valence-electron chi connectivity index (χ2n) is 5.37. The molecule has 1 atom stereocenters. The Bertz CT molecular complexity index is 210. The zero-order valence-corrected chi connectivity index (χ0v) is 10.6. The molecule has 0 heterocycles. The van der Waals surface area contributed by atoms with Crippen molar-refractivity contribution >= 4 is 5.97 Å². The normalized spacial score (nSPS) is 19.8. The summed E-state index contributed by atoms with van der Waals surface area (Å²) in [5, 5.41) is 0. The van der Waals surface area contributed by atoms with Crippen molar-refractivity contribution in [2.24, 2.45) is 17.6 Å². The smallest absolute Gasteiger partial charge is 0.322 e. The van der Waals surface area contributed by atoms with Gasteiger partial charge in [-0.1, -0.05) is 33.1 Å². The highest BCUT2D eigenvalue weighted by Gasteiger charge is 2.19. The Morgan fingerprint density at radius 1 is 1.31 bits per heavy atom. The van der Waals surface area contributed by atoms with E-state index in [4.69, 9.17) is 10.5 Å².